The molecule has 0 radical (unpaired) electrons. The van der Waals surface area contributed by atoms with E-state index in [0.717, 1.165) is 43.5 Å². The van der Waals surface area contributed by atoms with Gasteiger partial charge in [-0.3, -0.25) is 4.90 Å². The van der Waals surface area contributed by atoms with Gasteiger partial charge < -0.3 is 9.64 Å². The van der Waals surface area contributed by atoms with Gasteiger partial charge in [-0.15, -0.1) is 16.4 Å². The molecule has 1 aliphatic heterocycles. The Kier molecular flexibility index (Phi) is 5.64. The summed E-state index contributed by atoms with van der Waals surface area (Å²) in [7, 11) is 5.96. The van der Waals surface area contributed by atoms with Crippen LogP contribution in [0.5, 0.6) is 0 Å². The van der Waals surface area contributed by atoms with Gasteiger partial charge in [0.05, 0.1) is 24.0 Å². The van der Waals surface area contributed by atoms with Crippen LogP contribution in [0.15, 0.2) is 17.6 Å². The van der Waals surface area contributed by atoms with E-state index >= 15 is 0 Å². The van der Waals surface area contributed by atoms with Crippen molar-refractivity contribution in [2.24, 2.45) is 11.8 Å². The summed E-state index contributed by atoms with van der Waals surface area (Å²) in [5.74, 6) is 1.46. The number of methoxy groups -OCH3 is 1. The molecular formula is C20H31N5OS. The van der Waals surface area contributed by atoms with Gasteiger partial charge in [0.25, 0.3) is 0 Å². The number of aromatic nitrogens is 3. The molecule has 6 nitrogen and oxygen atoms in total. The standard InChI is InChI=1S/C20H31N5OS/c1-14-5-6-27-20(14)13-24-9-15-7-18(19(26-4)8-16(15)10-24)25-12-17(21-22-25)11-23(2)3/h5-6,12,15-16,18-19H,7-11,13H2,1-4H3/t15-,16+,18-,19-/m1/s1. The summed E-state index contributed by atoms with van der Waals surface area (Å²) < 4.78 is 7.97. The Balaban J connectivity index is 1.44. The third kappa shape index (κ3) is 4.11. The molecule has 2 aromatic heterocycles. The van der Waals surface area contributed by atoms with Crippen molar-refractivity contribution >= 4 is 11.3 Å². The molecule has 148 valence electrons. The minimum Gasteiger partial charge on any atom is -0.379 e. The van der Waals surface area contributed by atoms with E-state index in [1.54, 1.807) is 0 Å². The molecule has 1 saturated carbocycles. The van der Waals surface area contributed by atoms with Crippen LogP contribution in [0.2, 0.25) is 0 Å². The van der Waals surface area contributed by atoms with Crippen LogP contribution in [0.4, 0.5) is 0 Å². The quantitative estimate of drug-likeness (QED) is 0.760. The SMILES string of the molecule is CO[C@@H]1C[C@H]2CN(Cc3sccc3C)C[C@H]2C[C@H]1n1cc(CN(C)C)nn1. The first kappa shape index (κ1) is 19.1. The van der Waals surface area contributed by atoms with Crippen molar-refractivity contribution in [3.05, 3.63) is 33.8 Å². The Bertz CT molecular complexity index is 757. The fourth-order valence-electron chi connectivity index (χ4n) is 4.79. The minimum atomic E-state index is 0.226. The molecule has 2 aromatic rings. The summed E-state index contributed by atoms with van der Waals surface area (Å²) in [5.41, 5.74) is 2.46. The van der Waals surface area contributed by atoms with E-state index in [4.69, 9.17) is 4.74 Å². The fraction of sp³-hybridized carbons (Fsp3) is 0.700. The van der Waals surface area contributed by atoms with E-state index in [0.29, 0.717) is 6.04 Å². The number of fused-ring (bicyclic) bond motifs is 1. The normalized spacial score (nSPS) is 28.8. The Morgan fingerprint density at radius 1 is 1.26 bits per heavy atom. The van der Waals surface area contributed by atoms with E-state index < -0.39 is 0 Å². The van der Waals surface area contributed by atoms with E-state index in [1.165, 1.54) is 23.5 Å². The molecule has 3 heterocycles. The van der Waals surface area contributed by atoms with E-state index in [1.807, 2.05) is 18.4 Å². The number of thiophene rings is 1. The van der Waals surface area contributed by atoms with E-state index in [9.17, 15) is 0 Å². The molecule has 27 heavy (non-hydrogen) atoms. The third-order valence-electron chi connectivity index (χ3n) is 6.17. The highest BCUT2D eigenvalue weighted by Crippen LogP contribution is 2.42. The largest absolute Gasteiger partial charge is 0.379 e. The summed E-state index contributed by atoms with van der Waals surface area (Å²) in [6.45, 7) is 6.52. The van der Waals surface area contributed by atoms with Crippen molar-refractivity contribution in [2.45, 2.75) is 45.0 Å². The Morgan fingerprint density at radius 2 is 2.04 bits per heavy atom. The Morgan fingerprint density at radius 3 is 2.70 bits per heavy atom. The second-order valence-corrected chi connectivity index (χ2v) is 9.48. The highest BCUT2D eigenvalue weighted by atomic mass is 32.1. The van der Waals surface area contributed by atoms with Crippen molar-refractivity contribution in [3.8, 4) is 0 Å². The summed E-state index contributed by atoms with van der Waals surface area (Å²) in [4.78, 5) is 6.28. The number of ether oxygens (including phenoxy) is 1. The fourth-order valence-corrected chi connectivity index (χ4v) is 5.74. The summed E-state index contributed by atoms with van der Waals surface area (Å²) >= 11 is 1.89. The van der Waals surface area contributed by atoms with Crippen LogP contribution in [0.1, 0.15) is 35.0 Å². The summed E-state index contributed by atoms with van der Waals surface area (Å²) in [5, 5.41) is 11.0. The Labute approximate surface area is 166 Å². The van der Waals surface area contributed by atoms with Gasteiger partial charge in [0.2, 0.25) is 0 Å². The molecule has 0 unspecified atom stereocenters. The second-order valence-electron chi connectivity index (χ2n) is 8.48. The minimum absolute atomic E-state index is 0.226. The van der Waals surface area contributed by atoms with Gasteiger partial charge in [-0.25, -0.2) is 4.68 Å². The molecule has 0 bridgehead atoms. The van der Waals surface area contributed by atoms with Gasteiger partial charge in [0.1, 0.15) is 0 Å². The lowest BCUT2D eigenvalue weighted by atomic mass is 9.77. The summed E-state index contributed by atoms with van der Waals surface area (Å²) in [6, 6.07) is 2.53. The maximum atomic E-state index is 5.90. The number of aryl methyl sites for hydroxylation is 1. The van der Waals surface area contributed by atoms with Crippen molar-refractivity contribution in [3.63, 3.8) is 0 Å². The first-order valence-electron chi connectivity index (χ1n) is 9.87. The van der Waals surface area contributed by atoms with Crippen LogP contribution in [-0.4, -0.2) is 65.2 Å². The van der Waals surface area contributed by atoms with Gasteiger partial charge in [-0.1, -0.05) is 5.21 Å². The molecule has 0 amide bonds. The lowest BCUT2D eigenvalue weighted by Gasteiger charge is -2.37. The maximum absolute atomic E-state index is 5.90. The smallest absolute Gasteiger partial charge is 0.0967 e. The predicted molar refractivity (Wildman–Crippen MR) is 108 cm³/mol. The first-order chi connectivity index (χ1) is 13.0. The van der Waals surface area contributed by atoms with Gasteiger partial charge in [0.15, 0.2) is 0 Å². The monoisotopic (exact) mass is 389 g/mol. The molecular weight excluding hydrogens is 358 g/mol. The average molecular weight is 390 g/mol. The highest BCUT2D eigenvalue weighted by Gasteiger charge is 2.43. The van der Waals surface area contributed by atoms with E-state index in [2.05, 4.69) is 63.5 Å². The molecule has 0 spiro atoms. The first-order valence-corrected chi connectivity index (χ1v) is 10.7. The summed E-state index contributed by atoms with van der Waals surface area (Å²) in [6.07, 6.45) is 4.59. The average Bonchev–Trinajstić information content (AvgIpc) is 3.34. The van der Waals surface area contributed by atoms with E-state index in [-0.39, 0.29) is 6.10 Å². The number of rotatable bonds is 6. The number of hydrogen-bond donors (Lipinski definition) is 0. The molecule has 1 saturated heterocycles. The van der Waals surface area contributed by atoms with Crippen molar-refractivity contribution in [1.82, 2.24) is 24.8 Å². The number of likely N-dealkylation sites (tertiary alicyclic amines) is 1. The molecule has 4 rings (SSSR count). The van der Waals surface area contributed by atoms with Crippen LogP contribution >= 0.6 is 11.3 Å². The highest BCUT2D eigenvalue weighted by molar-refractivity contribution is 7.10. The Hall–Kier alpha value is -1.28. The van der Waals surface area contributed by atoms with Gasteiger partial charge in [0, 0.05) is 38.2 Å². The van der Waals surface area contributed by atoms with Crippen LogP contribution in [0.25, 0.3) is 0 Å². The van der Waals surface area contributed by atoms with Crippen LogP contribution < -0.4 is 0 Å². The molecule has 2 aliphatic rings. The van der Waals surface area contributed by atoms with Gasteiger partial charge in [-0.05, 0) is 62.7 Å². The number of nitrogens with zero attached hydrogens (tertiary/aromatic N) is 5. The zero-order valence-electron chi connectivity index (χ0n) is 16.8. The topological polar surface area (TPSA) is 46.4 Å². The number of hydrogen-bond acceptors (Lipinski definition) is 6. The lowest BCUT2D eigenvalue weighted by molar-refractivity contribution is -0.00547. The molecule has 1 aliphatic carbocycles. The van der Waals surface area contributed by atoms with Crippen molar-refractivity contribution in [2.75, 3.05) is 34.3 Å². The molecule has 0 aromatic carbocycles. The van der Waals surface area contributed by atoms with Crippen molar-refractivity contribution < 1.29 is 4.74 Å². The predicted octanol–water partition coefficient (Wildman–Crippen LogP) is 2.81. The zero-order chi connectivity index (χ0) is 19.0. The second kappa shape index (κ2) is 7.99. The van der Waals surface area contributed by atoms with Crippen LogP contribution in [0, 0.1) is 18.8 Å². The van der Waals surface area contributed by atoms with Crippen LogP contribution in [-0.2, 0) is 17.8 Å². The van der Waals surface area contributed by atoms with Gasteiger partial charge in [-0.2, -0.15) is 0 Å². The zero-order valence-corrected chi connectivity index (χ0v) is 17.7. The molecule has 7 heteroatoms. The molecule has 2 fully saturated rings. The van der Waals surface area contributed by atoms with Crippen LogP contribution in [0.3, 0.4) is 0 Å². The molecule has 4 atom stereocenters. The third-order valence-corrected chi connectivity index (χ3v) is 7.18. The van der Waals surface area contributed by atoms with Gasteiger partial charge >= 0.3 is 0 Å². The van der Waals surface area contributed by atoms with Crippen molar-refractivity contribution in [1.29, 1.82) is 0 Å². The molecule has 0 N–H and O–H groups in total. The maximum Gasteiger partial charge on any atom is 0.0967 e. The lowest BCUT2D eigenvalue weighted by Crippen LogP contribution is -2.37.